The summed E-state index contributed by atoms with van der Waals surface area (Å²) < 4.78 is 71.9. The Morgan fingerprint density at radius 2 is 0.614 bits per heavy atom. The van der Waals surface area contributed by atoms with Crippen molar-refractivity contribution in [3.8, 4) is 0 Å². The van der Waals surface area contributed by atoms with Gasteiger partial charge in [-0.05, 0) is 83.9 Å². The van der Waals surface area contributed by atoms with Gasteiger partial charge < -0.3 is 0 Å². The third kappa shape index (κ3) is 14.3. The van der Waals surface area contributed by atoms with E-state index < -0.39 is 30.0 Å². The van der Waals surface area contributed by atoms with Crippen LogP contribution in [-0.4, -0.2) is 115 Å². The Bertz CT molecular complexity index is 3570. The van der Waals surface area contributed by atoms with Crippen molar-refractivity contribution in [3.05, 3.63) is 198 Å². The van der Waals surface area contributed by atoms with Crippen LogP contribution in [0.25, 0.3) is 12.2 Å². The molecular formula is C44H32Cl4N12Na2O6S2. The summed E-state index contributed by atoms with van der Waals surface area (Å²) in [6.45, 7) is 0. The predicted octanol–water partition coefficient (Wildman–Crippen LogP) is 7.57. The molecular weight excluding hydrogens is 1040 g/mol. The molecule has 0 unspecified atom stereocenters. The number of hydrogen-bond donors (Lipinski definition) is 8. The molecule has 70 heavy (non-hydrogen) atoms. The molecule has 2 aromatic heterocycles. The van der Waals surface area contributed by atoms with E-state index in [9.17, 15) is 25.9 Å². The van der Waals surface area contributed by atoms with Crippen LogP contribution >= 0.6 is 46.4 Å². The van der Waals surface area contributed by atoms with Crippen LogP contribution in [0.5, 0.6) is 0 Å². The molecule has 0 spiro atoms. The van der Waals surface area contributed by atoms with Crippen LogP contribution in [0.1, 0.15) is 11.1 Å². The largest absolute Gasteiger partial charge is 0.296 e. The van der Waals surface area contributed by atoms with Gasteiger partial charge in [-0.3, -0.25) is 39.0 Å². The summed E-state index contributed by atoms with van der Waals surface area (Å²) in [6.07, 6.45) is 2.48. The molecule has 8 aromatic rings. The number of halogens is 4. The van der Waals surface area contributed by atoms with Crippen molar-refractivity contribution in [1.29, 1.82) is 0 Å². The Labute approximate surface area is 461 Å². The predicted molar refractivity (Wildman–Crippen MR) is 269 cm³/mol. The van der Waals surface area contributed by atoms with E-state index >= 15 is 0 Å². The first-order valence-corrected chi connectivity index (χ1v) is 24.0. The molecule has 6 aromatic carbocycles. The van der Waals surface area contributed by atoms with Crippen molar-refractivity contribution in [1.82, 2.24) is 29.9 Å². The van der Waals surface area contributed by atoms with E-state index in [-0.39, 0.29) is 115 Å². The molecule has 0 aliphatic rings. The minimum atomic E-state index is -4.92. The Kier molecular flexibility index (Phi) is 18.5. The van der Waals surface area contributed by atoms with E-state index in [4.69, 9.17) is 46.4 Å². The van der Waals surface area contributed by atoms with Gasteiger partial charge in [0.1, 0.15) is 9.79 Å². The van der Waals surface area contributed by atoms with Crippen LogP contribution in [0.2, 0.25) is 20.1 Å². The molecule has 346 valence electrons. The SMILES string of the molecule is O=S(=O)(O)c1cc(N=c2[nH]c(=Nc3ccccc3Cl)[nH]c(=Nc3ccccc3Cl)[nH]2)ccc1C=Cc1ccc(N=c2[nH]c(=Nc3ccccc3Cl)[nH]c(=Nc3ccccc3Cl)[nH]2)cc1S(=O)(=O)O.[Na].[Na]. The Morgan fingerprint density at radius 3 is 0.857 bits per heavy atom. The van der Waals surface area contributed by atoms with E-state index in [2.05, 4.69) is 59.9 Å². The molecule has 2 radical (unpaired) electrons. The van der Waals surface area contributed by atoms with E-state index in [1.54, 1.807) is 97.1 Å². The molecule has 0 saturated heterocycles. The van der Waals surface area contributed by atoms with Crippen molar-refractivity contribution in [3.63, 3.8) is 0 Å². The minimum absolute atomic E-state index is 0. The number of aromatic amines is 6. The molecule has 8 N–H and O–H groups in total. The van der Waals surface area contributed by atoms with E-state index in [1.807, 2.05) is 0 Å². The van der Waals surface area contributed by atoms with E-state index in [1.165, 1.54) is 36.4 Å². The Morgan fingerprint density at radius 1 is 0.371 bits per heavy atom. The Hall–Kier alpha value is -5.14. The van der Waals surface area contributed by atoms with Gasteiger partial charge in [0.25, 0.3) is 20.2 Å². The van der Waals surface area contributed by atoms with Gasteiger partial charge in [0.2, 0.25) is 33.7 Å². The van der Waals surface area contributed by atoms with Crippen molar-refractivity contribution < 1.29 is 25.9 Å². The fraction of sp³-hybridized carbons (Fsp3) is 0. The summed E-state index contributed by atoms with van der Waals surface area (Å²) in [5, 5.41) is 1.43. The zero-order chi connectivity index (χ0) is 48.0. The molecule has 0 bridgehead atoms. The zero-order valence-corrected chi connectivity index (χ0v) is 45.1. The van der Waals surface area contributed by atoms with Crippen LogP contribution in [-0.2, 0) is 20.2 Å². The van der Waals surface area contributed by atoms with Gasteiger partial charge >= 0.3 is 0 Å². The number of nitrogens with zero attached hydrogens (tertiary/aromatic N) is 6. The number of H-pyrrole nitrogens is 6. The standard InChI is InChI=1S/C44H32Cl4N12O6S2.2Na/c45-29-9-1-5-13-33(29)51-41-55-39(56-42(59-41)52-34-14-6-2-10-30(34)46)49-27-21-19-25(37(23-27)67(61,62)63)17-18-26-20-22-28(24-38(26)68(64,65)66)50-40-57-43(53-35-15-7-3-11-31(35)47)60-44(58-40)54-36-16-8-4-12-32(36)48;;/h1-24H,(H,61,62,63)(H,64,65,66)(H3,49,51,52,55,56,59)(H3,50,53,54,57,58,60);;. The topological polar surface area (TPSA) is 278 Å². The molecule has 2 heterocycles. The summed E-state index contributed by atoms with van der Waals surface area (Å²) in [6, 6.07) is 35.1. The summed E-state index contributed by atoms with van der Waals surface area (Å²) in [5.74, 6) is 0. The van der Waals surface area contributed by atoms with Crippen LogP contribution in [0.4, 0.5) is 34.1 Å². The van der Waals surface area contributed by atoms with E-state index in [0.29, 0.717) is 42.8 Å². The van der Waals surface area contributed by atoms with Crippen molar-refractivity contribution in [2.24, 2.45) is 30.0 Å². The number of aromatic nitrogens is 6. The third-order valence-electron chi connectivity index (χ3n) is 9.23. The Balaban J connectivity index is 0.00000402. The molecule has 0 aliphatic carbocycles. The van der Waals surface area contributed by atoms with Gasteiger partial charge in [0.05, 0.1) is 54.2 Å². The second-order valence-electron chi connectivity index (χ2n) is 14.0. The first kappa shape index (κ1) is 54.2. The summed E-state index contributed by atoms with van der Waals surface area (Å²) in [4.78, 5) is 43.8. The summed E-state index contributed by atoms with van der Waals surface area (Å²) in [5.41, 5.74) is 2.25. The first-order chi connectivity index (χ1) is 32.5. The van der Waals surface area contributed by atoms with Gasteiger partial charge in [-0.15, -0.1) is 0 Å². The fourth-order valence-corrected chi connectivity index (χ4v) is 8.31. The second kappa shape index (κ2) is 23.8. The number of hydrogen-bond acceptors (Lipinski definition) is 10. The normalized spacial score (nSPS) is 12.7. The average Bonchev–Trinajstić information content (AvgIpc) is 3.29. The zero-order valence-electron chi connectivity index (χ0n) is 36.4. The molecule has 0 atom stereocenters. The maximum absolute atomic E-state index is 12.8. The maximum Gasteiger partial charge on any atom is 0.295 e. The van der Waals surface area contributed by atoms with Crippen LogP contribution in [0.3, 0.4) is 0 Å². The van der Waals surface area contributed by atoms with Crippen LogP contribution in [0.15, 0.2) is 173 Å². The van der Waals surface area contributed by atoms with Crippen LogP contribution < -0.4 is 33.7 Å². The smallest absolute Gasteiger partial charge is 0.295 e. The number of para-hydroxylation sites is 4. The average molecular weight is 1080 g/mol. The van der Waals surface area contributed by atoms with Crippen molar-refractivity contribution >= 4 is 172 Å². The molecule has 0 amide bonds. The van der Waals surface area contributed by atoms with Crippen molar-refractivity contribution in [2.45, 2.75) is 9.79 Å². The molecule has 0 aliphatic heterocycles. The summed E-state index contributed by atoms with van der Waals surface area (Å²) >= 11 is 25.4. The number of rotatable bonds is 10. The minimum Gasteiger partial charge on any atom is -0.296 e. The number of nitrogens with one attached hydrogen (secondary N) is 6. The third-order valence-corrected chi connectivity index (χ3v) is 12.3. The summed E-state index contributed by atoms with van der Waals surface area (Å²) in [7, 11) is -9.84. The van der Waals surface area contributed by atoms with Crippen LogP contribution in [0, 0.1) is 0 Å². The quantitative estimate of drug-likeness (QED) is 0.0388. The molecule has 0 fully saturated rings. The monoisotopic (exact) mass is 1070 g/mol. The van der Waals surface area contributed by atoms with E-state index in [0.717, 1.165) is 12.1 Å². The maximum atomic E-state index is 12.8. The van der Waals surface area contributed by atoms with Crippen molar-refractivity contribution in [2.75, 3.05) is 0 Å². The molecule has 18 nitrogen and oxygen atoms in total. The molecule has 0 saturated carbocycles. The van der Waals surface area contributed by atoms with Gasteiger partial charge in [-0.1, -0.05) is 119 Å². The molecule has 8 rings (SSSR count). The van der Waals surface area contributed by atoms with Gasteiger partial charge in [0.15, 0.2) is 0 Å². The van der Waals surface area contributed by atoms with Gasteiger partial charge in [-0.2, -0.15) is 16.8 Å². The fourth-order valence-electron chi connectivity index (χ4n) is 6.19. The molecule has 26 heteroatoms. The van der Waals surface area contributed by atoms with Gasteiger partial charge in [0, 0.05) is 59.1 Å². The first-order valence-electron chi connectivity index (χ1n) is 19.6. The number of benzene rings is 6. The van der Waals surface area contributed by atoms with Gasteiger partial charge in [-0.25, -0.2) is 30.0 Å². The second-order valence-corrected chi connectivity index (χ2v) is 18.5.